The van der Waals surface area contributed by atoms with E-state index in [2.05, 4.69) is 6.07 Å². The molecule has 0 heterocycles. The van der Waals surface area contributed by atoms with E-state index < -0.39 is 5.97 Å². The second-order valence-corrected chi connectivity index (χ2v) is 5.40. The summed E-state index contributed by atoms with van der Waals surface area (Å²) in [6.07, 6.45) is 1.98. The minimum Gasteiger partial charge on any atom is -0.481 e. The van der Waals surface area contributed by atoms with Crippen LogP contribution >= 0.6 is 11.6 Å². The summed E-state index contributed by atoms with van der Waals surface area (Å²) < 4.78 is 0. The van der Waals surface area contributed by atoms with Crippen LogP contribution in [-0.4, -0.2) is 11.1 Å². The first kappa shape index (κ1) is 13.9. The summed E-state index contributed by atoms with van der Waals surface area (Å²) >= 11 is 6.18. The quantitative estimate of drug-likeness (QED) is 0.871. The van der Waals surface area contributed by atoms with Crippen LogP contribution in [0.3, 0.4) is 0 Å². The van der Waals surface area contributed by atoms with E-state index in [9.17, 15) is 4.79 Å². The number of benzene rings is 2. The number of fused-ring (bicyclic) bond motifs is 1. The summed E-state index contributed by atoms with van der Waals surface area (Å²) in [6, 6.07) is 12.0. The van der Waals surface area contributed by atoms with E-state index in [-0.39, 0.29) is 12.3 Å². The van der Waals surface area contributed by atoms with Gasteiger partial charge in [-0.05, 0) is 35.8 Å². The molecule has 0 aliphatic heterocycles. The fraction of sp³-hybridized carbons (Fsp3) is 0.312. The van der Waals surface area contributed by atoms with E-state index in [1.165, 1.54) is 5.56 Å². The van der Waals surface area contributed by atoms with Crippen LogP contribution in [0.15, 0.2) is 36.4 Å². The monoisotopic (exact) mass is 276 g/mol. The third-order valence-corrected chi connectivity index (χ3v) is 3.72. The molecule has 0 saturated carbocycles. The molecule has 0 amide bonds. The van der Waals surface area contributed by atoms with Crippen LogP contribution in [0.1, 0.15) is 25.3 Å². The zero-order valence-corrected chi connectivity index (χ0v) is 11.7. The Kier molecular flexibility index (Phi) is 4.43. The Balaban J connectivity index is 2.17. The average Bonchev–Trinajstić information content (AvgIpc) is 2.37. The maximum Gasteiger partial charge on any atom is 0.303 e. The molecular weight excluding hydrogens is 260 g/mol. The minimum atomic E-state index is -0.728. The molecule has 1 unspecified atom stereocenters. The van der Waals surface area contributed by atoms with Crippen LogP contribution in [-0.2, 0) is 11.2 Å². The number of rotatable bonds is 5. The maximum atomic E-state index is 10.7. The van der Waals surface area contributed by atoms with E-state index in [1.54, 1.807) is 0 Å². The Hall–Kier alpha value is -1.54. The smallest absolute Gasteiger partial charge is 0.303 e. The highest BCUT2D eigenvalue weighted by molar-refractivity contribution is 6.35. The number of hydrogen-bond donors (Lipinski definition) is 1. The molecule has 1 atom stereocenters. The third-order valence-electron chi connectivity index (χ3n) is 3.39. The van der Waals surface area contributed by atoms with E-state index in [4.69, 9.17) is 16.7 Å². The van der Waals surface area contributed by atoms with Crippen LogP contribution in [0, 0.1) is 5.92 Å². The maximum absolute atomic E-state index is 10.7. The minimum absolute atomic E-state index is 0.187. The van der Waals surface area contributed by atoms with Crippen molar-refractivity contribution in [2.24, 2.45) is 5.92 Å². The van der Waals surface area contributed by atoms with Crippen molar-refractivity contribution in [2.75, 3.05) is 0 Å². The van der Waals surface area contributed by atoms with E-state index in [0.29, 0.717) is 0 Å². The van der Waals surface area contributed by atoms with Crippen molar-refractivity contribution in [1.82, 2.24) is 0 Å². The lowest BCUT2D eigenvalue weighted by molar-refractivity contribution is -0.138. The predicted octanol–water partition coefficient (Wildman–Crippen LogP) is 4.54. The molecule has 2 rings (SSSR count). The highest BCUT2D eigenvalue weighted by atomic mass is 35.5. The Labute approximate surface area is 118 Å². The lowest BCUT2D eigenvalue weighted by Crippen LogP contribution is -2.05. The summed E-state index contributed by atoms with van der Waals surface area (Å²) in [5.41, 5.74) is 1.23. The highest BCUT2D eigenvalue weighted by Gasteiger charge is 2.09. The van der Waals surface area contributed by atoms with Crippen molar-refractivity contribution >= 4 is 28.3 Å². The van der Waals surface area contributed by atoms with Gasteiger partial charge in [-0.3, -0.25) is 4.79 Å². The van der Waals surface area contributed by atoms with Gasteiger partial charge in [-0.2, -0.15) is 0 Å². The van der Waals surface area contributed by atoms with Gasteiger partial charge in [0.15, 0.2) is 0 Å². The van der Waals surface area contributed by atoms with Crippen LogP contribution in [0.25, 0.3) is 10.8 Å². The lowest BCUT2D eigenvalue weighted by atomic mass is 9.95. The van der Waals surface area contributed by atoms with E-state index in [0.717, 1.165) is 28.6 Å². The van der Waals surface area contributed by atoms with Crippen LogP contribution in [0.4, 0.5) is 0 Å². The molecule has 0 bridgehead atoms. The molecular formula is C16H17ClO2. The summed E-state index contributed by atoms with van der Waals surface area (Å²) in [5, 5.41) is 11.8. The molecule has 2 nitrogen and oxygen atoms in total. The first-order valence-corrected chi connectivity index (χ1v) is 6.83. The molecule has 19 heavy (non-hydrogen) atoms. The largest absolute Gasteiger partial charge is 0.481 e. The molecule has 0 aromatic heterocycles. The van der Waals surface area contributed by atoms with Gasteiger partial charge in [0.2, 0.25) is 0 Å². The van der Waals surface area contributed by atoms with Gasteiger partial charge in [0.1, 0.15) is 0 Å². The molecule has 0 spiro atoms. The number of carbonyl (C=O) groups is 1. The van der Waals surface area contributed by atoms with Gasteiger partial charge < -0.3 is 5.11 Å². The number of halogens is 1. The molecule has 0 fully saturated rings. The molecule has 3 heteroatoms. The standard InChI is InChI=1S/C16H17ClO2/c1-11(10-16(18)19)6-7-12-8-9-15(17)14-5-3-2-4-13(12)14/h2-5,8-9,11H,6-7,10H2,1H3,(H,18,19). The van der Waals surface area contributed by atoms with Gasteiger partial charge in [-0.15, -0.1) is 0 Å². The van der Waals surface area contributed by atoms with Crippen LogP contribution in [0.2, 0.25) is 5.02 Å². The summed E-state index contributed by atoms with van der Waals surface area (Å²) in [4.78, 5) is 10.7. The van der Waals surface area contributed by atoms with Gasteiger partial charge >= 0.3 is 5.97 Å². The van der Waals surface area contributed by atoms with Crippen molar-refractivity contribution < 1.29 is 9.90 Å². The Morgan fingerprint density at radius 2 is 1.89 bits per heavy atom. The van der Waals surface area contributed by atoms with Gasteiger partial charge in [0.25, 0.3) is 0 Å². The molecule has 0 aliphatic rings. The fourth-order valence-electron chi connectivity index (χ4n) is 2.34. The number of hydrogen-bond acceptors (Lipinski definition) is 1. The predicted molar refractivity (Wildman–Crippen MR) is 78.7 cm³/mol. The molecule has 100 valence electrons. The number of carboxylic acid groups (broad SMARTS) is 1. The fourth-order valence-corrected chi connectivity index (χ4v) is 2.57. The molecule has 1 N–H and O–H groups in total. The topological polar surface area (TPSA) is 37.3 Å². The SMILES string of the molecule is CC(CCc1ccc(Cl)c2ccccc12)CC(=O)O. The Morgan fingerprint density at radius 1 is 1.21 bits per heavy atom. The van der Waals surface area contributed by atoms with Crippen LogP contribution in [0.5, 0.6) is 0 Å². The van der Waals surface area contributed by atoms with Gasteiger partial charge in [-0.1, -0.05) is 48.9 Å². The normalized spacial score (nSPS) is 12.5. The first-order chi connectivity index (χ1) is 9.08. The lowest BCUT2D eigenvalue weighted by Gasteiger charge is -2.11. The van der Waals surface area contributed by atoms with E-state index in [1.807, 2.05) is 37.3 Å². The second kappa shape index (κ2) is 6.07. The summed E-state index contributed by atoms with van der Waals surface area (Å²) in [7, 11) is 0. The van der Waals surface area contributed by atoms with Crippen molar-refractivity contribution in [3.63, 3.8) is 0 Å². The third kappa shape index (κ3) is 3.48. The summed E-state index contributed by atoms with van der Waals surface area (Å²) in [6.45, 7) is 1.98. The zero-order valence-electron chi connectivity index (χ0n) is 10.9. The van der Waals surface area contributed by atoms with Crippen molar-refractivity contribution in [1.29, 1.82) is 0 Å². The second-order valence-electron chi connectivity index (χ2n) is 4.99. The van der Waals surface area contributed by atoms with Crippen molar-refractivity contribution in [2.45, 2.75) is 26.2 Å². The highest BCUT2D eigenvalue weighted by Crippen LogP contribution is 2.27. The van der Waals surface area contributed by atoms with Crippen LogP contribution < -0.4 is 0 Å². The van der Waals surface area contributed by atoms with Crippen molar-refractivity contribution in [3.05, 3.63) is 47.0 Å². The number of aliphatic carboxylic acids is 1. The van der Waals surface area contributed by atoms with Crippen molar-refractivity contribution in [3.8, 4) is 0 Å². The Bertz CT molecular complexity index is 592. The van der Waals surface area contributed by atoms with Gasteiger partial charge in [0, 0.05) is 16.8 Å². The molecule has 2 aromatic rings. The average molecular weight is 277 g/mol. The number of carboxylic acids is 1. The van der Waals surface area contributed by atoms with Gasteiger partial charge in [-0.25, -0.2) is 0 Å². The molecule has 0 aliphatic carbocycles. The number of aryl methyl sites for hydroxylation is 1. The molecule has 0 radical (unpaired) electrons. The molecule has 0 saturated heterocycles. The summed E-state index contributed by atoms with van der Waals surface area (Å²) in [5.74, 6) is -0.541. The van der Waals surface area contributed by atoms with E-state index >= 15 is 0 Å². The Morgan fingerprint density at radius 3 is 2.58 bits per heavy atom. The first-order valence-electron chi connectivity index (χ1n) is 6.46. The van der Waals surface area contributed by atoms with Gasteiger partial charge in [0.05, 0.1) is 0 Å². The molecule has 2 aromatic carbocycles. The zero-order chi connectivity index (χ0) is 13.8.